The quantitative estimate of drug-likeness (QED) is 0.495. The van der Waals surface area contributed by atoms with Crippen LogP contribution in [0.3, 0.4) is 0 Å². The summed E-state index contributed by atoms with van der Waals surface area (Å²) < 4.78 is 20.6. The van der Waals surface area contributed by atoms with E-state index in [1.54, 1.807) is 12.1 Å². The molecule has 4 fully saturated rings. The average molecular weight is 583 g/mol. The zero-order valence-electron chi connectivity index (χ0n) is 24.1. The van der Waals surface area contributed by atoms with Gasteiger partial charge in [0.05, 0.1) is 31.3 Å². The number of carbonyl (C=O) groups excluding carboxylic acids is 1. The maximum Gasteiger partial charge on any atom is 0.246 e. The molecule has 10 heteroatoms. The molecule has 3 saturated heterocycles. The summed E-state index contributed by atoms with van der Waals surface area (Å²) in [6, 6.07) is 8.12. The number of carbonyl (C=O) groups is 1. The van der Waals surface area contributed by atoms with Gasteiger partial charge in [-0.15, -0.1) is 11.8 Å². The molecule has 41 heavy (non-hydrogen) atoms. The van der Waals surface area contributed by atoms with Crippen LogP contribution in [0.25, 0.3) is 0 Å². The number of rotatable bonds is 6. The highest BCUT2D eigenvalue weighted by Gasteiger charge is 2.50. The molecule has 0 bridgehead atoms. The Hall–Kier alpha value is -2.00. The topological polar surface area (TPSA) is 83.9 Å². The van der Waals surface area contributed by atoms with Crippen molar-refractivity contribution in [3.05, 3.63) is 42.2 Å². The minimum absolute atomic E-state index is 0.0991. The lowest BCUT2D eigenvalue weighted by Gasteiger charge is -2.56. The van der Waals surface area contributed by atoms with Gasteiger partial charge in [-0.2, -0.15) is 5.26 Å². The summed E-state index contributed by atoms with van der Waals surface area (Å²) in [6.07, 6.45) is 9.08. The van der Waals surface area contributed by atoms with Crippen LogP contribution in [-0.2, 0) is 16.0 Å². The number of fused-ring (bicyclic) bond motifs is 2. The van der Waals surface area contributed by atoms with Crippen molar-refractivity contribution in [3.8, 4) is 6.07 Å². The molecule has 8 nitrogen and oxygen atoms in total. The van der Waals surface area contributed by atoms with Crippen molar-refractivity contribution >= 4 is 17.7 Å². The number of halogens is 1. The lowest BCUT2D eigenvalue weighted by molar-refractivity contribution is -0.135. The van der Waals surface area contributed by atoms with Gasteiger partial charge in [-0.3, -0.25) is 20.3 Å². The number of piperazine rings is 1. The number of nitriles is 1. The lowest BCUT2D eigenvalue weighted by atomic mass is 9.73. The van der Waals surface area contributed by atoms with Gasteiger partial charge in [0.25, 0.3) is 0 Å². The van der Waals surface area contributed by atoms with E-state index in [-0.39, 0.29) is 41.1 Å². The fourth-order valence-corrected chi connectivity index (χ4v) is 9.45. The molecule has 6 rings (SSSR count). The highest BCUT2D eigenvalue weighted by atomic mass is 32.2. The Kier molecular flexibility index (Phi) is 8.74. The first kappa shape index (κ1) is 29.1. The van der Waals surface area contributed by atoms with Crippen LogP contribution in [0.4, 0.5) is 4.39 Å². The maximum atomic E-state index is 13.9. The molecule has 7 atom stereocenters. The number of likely N-dealkylation sites (tertiary alicyclic amines) is 1. The van der Waals surface area contributed by atoms with Crippen molar-refractivity contribution < 1.29 is 13.9 Å². The number of hydrogen-bond acceptors (Lipinski definition) is 8. The summed E-state index contributed by atoms with van der Waals surface area (Å²) in [7, 11) is 2.18. The van der Waals surface area contributed by atoms with Gasteiger partial charge in [0.1, 0.15) is 5.82 Å². The SMILES string of the molecule is C=CC(=O)N1CCN(C2NC(OCC3CCCN3C)NC3C[C@]4(CCc5cc(F)ccc5S4)CCC32)CC1CC#N. The van der Waals surface area contributed by atoms with Gasteiger partial charge in [0, 0.05) is 47.3 Å². The van der Waals surface area contributed by atoms with Crippen molar-refractivity contribution in [2.24, 2.45) is 5.92 Å². The van der Waals surface area contributed by atoms with Gasteiger partial charge in [-0.1, -0.05) is 6.58 Å². The van der Waals surface area contributed by atoms with Gasteiger partial charge in [0.15, 0.2) is 6.35 Å². The molecule has 1 spiro atoms. The van der Waals surface area contributed by atoms with Crippen LogP contribution in [0.5, 0.6) is 0 Å². The van der Waals surface area contributed by atoms with Gasteiger partial charge in [0.2, 0.25) is 5.91 Å². The van der Waals surface area contributed by atoms with E-state index in [2.05, 4.69) is 40.1 Å². The van der Waals surface area contributed by atoms with Crippen LogP contribution in [0.15, 0.2) is 35.7 Å². The molecule has 0 aromatic heterocycles. The molecular formula is C31H43FN6O2S. The normalized spacial score (nSPS) is 36.0. The standard InChI is InChI=1S/C31H43FN6O2S/c1-3-28(39)38-16-15-37(19-23(38)10-13-33)29-25-9-12-31(11-8-21-17-22(32)6-7-27(21)41-31)18-26(25)34-30(35-29)40-20-24-5-4-14-36(24)2/h3,6-7,17,23-26,29-30,34-35H,1,4-5,8-12,14-16,18-20H2,2H3/t23?,24?,25?,26?,29?,30?,31-/m0/s1. The first-order valence-electron chi connectivity index (χ1n) is 15.2. The Labute approximate surface area is 247 Å². The van der Waals surface area contributed by atoms with Crippen LogP contribution in [0, 0.1) is 23.1 Å². The second kappa shape index (κ2) is 12.3. The molecule has 4 aliphatic heterocycles. The van der Waals surface area contributed by atoms with E-state index in [0.29, 0.717) is 38.1 Å². The first-order chi connectivity index (χ1) is 19.9. The summed E-state index contributed by atoms with van der Waals surface area (Å²) in [4.78, 5) is 20.4. The van der Waals surface area contributed by atoms with Crippen molar-refractivity contribution in [1.29, 1.82) is 5.26 Å². The van der Waals surface area contributed by atoms with E-state index in [4.69, 9.17) is 4.74 Å². The third-order valence-electron chi connectivity index (χ3n) is 10.2. The lowest BCUT2D eigenvalue weighted by Crippen LogP contribution is -2.72. The third kappa shape index (κ3) is 6.08. The number of benzene rings is 1. The molecule has 1 aromatic carbocycles. The van der Waals surface area contributed by atoms with E-state index < -0.39 is 0 Å². The van der Waals surface area contributed by atoms with Crippen LogP contribution in [-0.4, -0.2) is 95.8 Å². The van der Waals surface area contributed by atoms with Crippen molar-refractivity contribution in [3.63, 3.8) is 0 Å². The fraction of sp³-hybridized carbons (Fsp3) is 0.677. The number of nitrogens with one attached hydrogen (secondary N) is 2. The molecule has 4 heterocycles. The van der Waals surface area contributed by atoms with Crippen molar-refractivity contribution in [2.45, 2.75) is 91.7 Å². The zero-order valence-corrected chi connectivity index (χ0v) is 24.9. The molecule has 1 amide bonds. The molecule has 1 aliphatic carbocycles. The predicted molar refractivity (Wildman–Crippen MR) is 157 cm³/mol. The summed E-state index contributed by atoms with van der Waals surface area (Å²) in [5, 5.41) is 17.2. The van der Waals surface area contributed by atoms with Gasteiger partial charge in [-0.05, 0) is 88.4 Å². The number of likely N-dealkylation sites (N-methyl/N-ethyl adjacent to an activating group) is 1. The summed E-state index contributed by atoms with van der Waals surface area (Å²) in [5.41, 5.74) is 1.14. The molecule has 2 N–H and O–H groups in total. The first-order valence-corrected chi connectivity index (χ1v) is 16.0. The minimum Gasteiger partial charge on any atom is -0.348 e. The van der Waals surface area contributed by atoms with Gasteiger partial charge in [-0.25, -0.2) is 4.39 Å². The second-order valence-electron chi connectivity index (χ2n) is 12.6. The Morgan fingerprint density at radius 1 is 1.27 bits per heavy atom. The average Bonchev–Trinajstić information content (AvgIpc) is 3.39. The molecule has 6 unspecified atom stereocenters. The molecular weight excluding hydrogens is 539 g/mol. The Bertz CT molecular complexity index is 1180. The highest BCUT2D eigenvalue weighted by molar-refractivity contribution is 8.00. The fourth-order valence-electron chi connectivity index (χ4n) is 7.87. The summed E-state index contributed by atoms with van der Waals surface area (Å²) >= 11 is 1.95. The zero-order chi connectivity index (χ0) is 28.6. The molecule has 1 saturated carbocycles. The monoisotopic (exact) mass is 582 g/mol. The van der Waals surface area contributed by atoms with E-state index >= 15 is 0 Å². The molecule has 0 radical (unpaired) electrons. The van der Waals surface area contributed by atoms with Crippen molar-refractivity contribution in [2.75, 3.05) is 39.8 Å². The number of amides is 1. The highest BCUT2D eigenvalue weighted by Crippen LogP contribution is 2.53. The Morgan fingerprint density at radius 3 is 2.93 bits per heavy atom. The maximum absolute atomic E-state index is 13.9. The molecule has 5 aliphatic rings. The largest absolute Gasteiger partial charge is 0.348 e. The predicted octanol–water partition coefficient (Wildman–Crippen LogP) is 3.30. The Morgan fingerprint density at radius 2 is 2.15 bits per heavy atom. The number of ether oxygens (including phenoxy) is 1. The Balaban J connectivity index is 1.20. The summed E-state index contributed by atoms with van der Waals surface area (Å²) in [5.74, 6) is 0.135. The third-order valence-corrected chi connectivity index (χ3v) is 11.8. The summed E-state index contributed by atoms with van der Waals surface area (Å²) in [6.45, 7) is 7.47. The number of thioether (sulfide) groups is 1. The smallest absolute Gasteiger partial charge is 0.246 e. The van der Waals surface area contributed by atoms with E-state index in [0.717, 1.165) is 57.2 Å². The van der Waals surface area contributed by atoms with Gasteiger partial charge < -0.3 is 14.5 Å². The van der Waals surface area contributed by atoms with E-state index in [9.17, 15) is 14.4 Å². The van der Waals surface area contributed by atoms with E-state index in [1.807, 2.05) is 22.7 Å². The van der Waals surface area contributed by atoms with Crippen LogP contribution in [0.2, 0.25) is 0 Å². The van der Waals surface area contributed by atoms with Gasteiger partial charge >= 0.3 is 0 Å². The minimum atomic E-state index is -0.261. The van der Waals surface area contributed by atoms with Crippen LogP contribution in [0.1, 0.15) is 50.5 Å². The number of nitrogens with zero attached hydrogens (tertiary/aromatic N) is 4. The molecule has 1 aromatic rings. The number of aryl methyl sites for hydroxylation is 1. The van der Waals surface area contributed by atoms with Crippen molar-refractivity contribution in [1.82, 2.24) is 25.3 Å². The van der Waals surface area contributed by atoms with Crippen LogP contribution >= 0.6 is 11.8 Å². The molecule has 222 valence electrons. The second-order valence-corrected chi connectivity index (χ2v) is 14.1. The van der Waals surface area contributed by atoms with E-state index in [1.165, 1.54) is 17.4 Å². The number of hydrogen-bond donors (Lipinski definition) is 2. The van der Waals surface area contributed by atoms with Crippen LogP contribution < -0.4 is 10.6 Å².